The molecule has 2 aliphatic rings. The Morgan fingerprint density at radius 3 is 2.70 bits per heavy atom. The van der Waals surface area contributed by atoms with Crippen LogP contribution in [0.4, 0.5) is 0 Å². The third-order valence-corrected chi connectivity index (χ3v) is 6.93. The molecule has 1 aromatic heterocycles. The number of fused-ring (bicyclic) bond motifs is 1. The minimum absolute atomic E-state index is 0.202. The van der Waals surface area contributed by atoms with Crippen molar-refractivity contribution in [2.75, 3.05) is 26.2 Å². The summed E-state index contributed by atoms with van der Waals surface area (Å²) in [5, 5.41) is 5.53. The zero-order valence-electron chi connectivity index (χ0n) is 12.9. The molecule has 4 rings (SSSR count). The number of nitrogens with zero attached hydrogens (tertiary/aromatic N) is 1. The molecule has 3 nitrogen and oxygen atoms in total. The van der Waals surface area contributed by atoms with E-state index in [0.717, 1.165) is 42.4 Å². The molecule has 1 aromatic carbocycles. The zero-order valence-corrected chi connectivity index (χ0v) is 14.5. The van der Waals surface area contributed by atoms with E-state index in [-0.39, 0.29) is 5.91 Å². The highest BCUT2D eigenvalue weighted by Gasteiger charge is 2.38. The first-order valence-corrected chi connectivity index (χ1v) is 9.92. The maximum absolute atomic E-state index is 13.0. The van der Waals surface area contributed by atoms with Gasteiger partial charge in [0.15, 0.2) is 0 Å². The number of thioether (sulfide) groups is 1. The summed E-state index contributed by atoms with van der Waals surface area (Å²) in [7, 11) is 0. The lowest BCUT2D eigenvalue weighted by Gasteiger charge is -2.19. The van der Waals surface area contributed by atoms with Crippen molar-refractivity contribution < 1.29 is 4.79 Å². The Labute approximate surface area is 145 Å². The van der Waals surface area contributed by atoms with Gasteiger partial charge in [0.05, 0.1) is 5.56 Å². The van der Waals surface area contributed by atoms with Crippen molar-refractivity contribution in [1.29, 1.82) is 0 Å². The highest BCUT2D eigenvalue weighted by atomic mass is 32.2. The molecule has 2 fully saturated rings. The van der Waals surface area contributed by atoms with Crippen LogP contribution in [0.5, 0.6) is 0 Å². The molecule has 2 aromatic rings. The van der Waals surface area contributed by atoms with Crippen molar-refractivity contribution in [3.8, 4) is 0 Å². The van der Waals surface area contributed by atoms with E-state index in [9.17, 15) is 4.79 Å². The first kappa shape index (κ1) is 15.2. The Hall–Kier alpha value is -1.30. The highest BCUT2D eigenvalue weighted by molar-refractivity contribution is 7.98. The van der Waals surface area contributed by atoms with Crippen LogP contribution in [0.15, 0.2) is 46.7 Å². The average molecular weight is 345 g/mol. The van der Waals surface area contributed by atoms with Crippen molar-refractivity contribution in [3.63, 3.8) is 0 Å². The Balaban J connectivity index is 1.48. The zero-order chi connectivity index (χ0) is 15.6. The monoisotopic (exact) mass is 344 g/mol. The third kappa shape index (κ3) is 3.18. The molecular weight excluding hydrogens is 324 g/mol. The Morgan fingerprint density at radius 1 is 1.17 bits per heavy atom. The summed E-state index contributed by atoms with van der Waals surface area (Å²) >= 11 is 3.53. The van der Waals surface area contributed by atoms with Crippen LogP contribution in [0.3, 0.4) is 0 Å². The van der Waals surface area contributed by atoms with Crippen molar-refractivity contribution >= 4 is 29.0 Å². The van der Waals surface area contributed by atoms with Gasteiger partial charge in [-0.05, 0) is 35.4 Å². The fourth-order valence-corrected chi connectivity index (χ4v) is 5.32. The van der Waals surface area contributed by atoms with Gasteiger partial charge in [0.1, 0.15) is 0 Å². The summed E-state index contributed by atoms with van der Waals surface area (Å²) in [4.78, 5) is 17.5. The van der Waals surface area contributed by atoms with Crippen LogP contribution in [-0.2, 0) is 5.75 Å². The molecule has 1 amide bonds. The van der Waals surface area contributed by atoms with Crippen LogP contribution in [0, 0.1) is 11.8 Å². The maximum atomic E-state index is 13.0. The van der Waals surface area contributed by atoms with Gasteiger partial charge in [0.25, 0.3) is 5.91 Å². The molecule has 0 bridgehead atoms. The topological polar surface area (TPSA) is 32.3 Å². The maximum Gasteiger partial charge on any atom is 0.255 e. The molecular formula is C18H20N2OS2. The predicted molar refractivity (Wildman–Crippen MR) is 96.1 cm³/mol. The Bertz CT molecular complexity index is 674. The number of carbonyl (C=O) groups is 1. The average Bonchev–Trinajstić information content (AvgIpc) is 3.29. The van der Waals surface area contributed by atoms with Crippen LogP contribution in [0.25, 0.3) is 0 Å². The smallest absolute Gasteiger partial charge is 0.255 e. The largest absolute Gasteiger partial charge is 0.338 e. The lowest BCUT2D eigenvalue weighted by Crippen LogP contribution is -2.32. The number of thiophene rings is 1. The summed E-state index contributed by atoms with van der Waals surface area (Å²) in [6, 6.07) is 12.3. The SMILES string of the molecule is O=C(c1ccccc1SCc1cccs1)N1C[C@H]2CNC[C@H]2C1. The third-order valence-electron chi connectivity index (χ3n) is 4.74. The molecule has 120 valence electrons. The molecule has 0 spiro atoms. The first-order chi connectivity index (χ1) is 11.3. The van der Waals surface area contributed by atoms with Gasteiger partial charge < -0.3 is 10.2 Å². The summed E-state index contributed by atoms with van der Waals surface area (Å²) in [6.07, 6.45) is 0. The fraction of sp³-hybridized carbons (Fsp3) is 0.389. The van der Waals surface area contributed by atoms with Crippen LogP contribution in [0.2, 0.25) is 0 Å². The molecule has 1 N–H and O–H groups in total. The number of carbonyl (C=O) groups excluding carboxylic acids is 1. The van der Waals surface area contributed by atoms with Gasteiger partial charge in [-0.2, -0.15) is 0 Å². The number of hydrogen-bond acceptors (Lipinski definition) is 4. The van der Waals surface area contributed by atoms with E-state index < -0.39 is 0 Å². The first-order valence-electron chi connectivity index (χ1n) is 8.05. The van der Waals surface area contributed by atoms with Crippen molar-refractivity contribution in [2.24, 2.45) is 11.8 Å². The van der Waals surface area contributed by atoms with Gasteiger partial charge in [-0.25, -0.2) is 0 Å². The van der Waals surface area contributed by atoms with Crippen LogP contribution in [0.1, 0.15) is 15.2 Å². The minimum atomic E-state index is 0.202. The van der Waals surface area contributed by atoms with Gasteiger partial charge in [0, 0.05) is 41.7 Å². The van der Waals surface area contributed by atoms with E-state index in [1.54, 1.807) is 23.1 Å². The van der Waals surface area contributed by atoms with Crippen LogP contribution < -0.4 is 5.32 Å². The lowest BCUT2D eigenvalue weighted by atomic mass is 10.0. The summed E-state index contributed by atoms with van der Waals surface area (Å²) in [5.41, 5.74) is 0.863. The van der Waals surface area contributed by atoms with E-state index in [4.69, 9.17) is 0 Å². The molecule has 0 radical (unpaired) electrons. The van der Waals surface area contributed by atoms with Gasteiger partial charge in [-0.15, -0.1) is 23.1 Å². The number of nitrogens with one attached hydrogen (secondary N) is 1. The molecule has 2 aliphatic heterocycles. The molecule has 23 heavy (non-hydrogen) atoms. The summed E-state index contributed by atoms with van der Waals surface area (Å²) in [5.74, 6) is 2.42. The van der Waals surface area contributed by atoms with E-state index >= 15 is 0 Å². The Morgan fingerprint density at radius 2 is 1.96 bits per heavy atom. The second kappa shape index (κ2) is 6.67. The van der Waals surface area contributed by atoms with Crippen molar-refractivity contribution in [2.45, 2.75) is 10.6 Å². The number of hydrogen-bond donors (Lipinski definition) is 1. The van der Waals surface area contributed by atoms with Crippen molar-refractivity contribution in [3.05, 3.63) is 52.2 Å². The molecule has 5 heteroatoms. The van der Waals surface area contributed by atoms with Gasteiger partial charge in [0.2, 0.25) is 0 Å². The van der Waals surface area contributed by atoms with Crippen molar-refractivity contribution in [1.82, 2.24) is 10.2 Å². The summed E-state index contributed by atoms with van der Waals surface area (Å²) < 4.78 is 0. The predicted octanol–water partition coefficient (Wildman–Crippen LogP) is 3.33. The van der Waals surface area contributed by atoms with Crippen LogP contribution in [-0.4, -0.2) is 37.0 Å². The second-order valence-electron chi connectivity index (χ2n) is 6.25. The number of likely N-dealkylation sites (tertiary alicyclic amines) is 1. The quantitative estimate of drug-likeness (QED) is 0.864. The normalized spacial score (nSPS) is 23.2. The number of benzene rings is 1. The molecule has 2 saturated heterocycles. The molecule has 0 unspecified atom stereocenters. The molecule has 0 aliphatic carbocycles. The van der Waals surface area contributed by atoms with E-state index in [1.165, 1.54) is 4.88 Å². The van der Waals surface area contributed by atoms with E-state index in [0.29, 0.717) is 11.8 Å². The molecule has 0 saturated carbocycles. The van der Waals surface area contributed by atoms with E-state index in [2.05, 4.69) is 33.8 Å². The van der Waals surface area contributed by atoms with Crippen LogP contribution >= 0.6 is 23.1 Å². The molecule has 3 heterocycles. The fourth-order valence-electron chi connectivity index (χ4n) is 3.50. The lowest BCUT2D eigenvalue weighted by molar-refractivity contribution is 0.0778. The highest BCUT2D eigenvalue weighted by Crippen LogP contribution is 2.31. The number of rotatable bonds is 4. The minimum Gasteiger partial charge on any atom is -0.338 e. The molecule has 2 atom stereocenters. The van der Waals surface area contributed by atoms with E-state index in [1.807, 2.05) is 18.2 Å². The van der Waals surface area contributed by atoms with Gasteiger partial charge in [-0.3, -0.25) is 4.79 Å². The number of amides is 1. The second-order valence-corrected chi connectivity index (χ2v) is 8.30. The van der Waals surface area contributed by atoms with Gasteiger partial charge >= 0.3 is 0 Å². The Kier molecular flexibility index (Phi) is 4.42. The standard InChI is InChI=1S/C18H20N2OS2/c21-18(20-10-13-8-19-9-14(13)11-20)16-5-1-2-6-17(16)23-12-15-4-3-7-22-15/h1-7,13-14,19H,8-12H2/t13-,14+. The summed E-state index contributed by atoms with van der Waals surface area (Å²) in [6.45, 7) is 3.92. The van der Waals surface area contributed by atoms with Gasteiger partial charge in [-0.1, -0.05) is 18.2 Å².